The second kappa shape index (κ2) is 7.73. The van der Waals surface area contributed by atoms with Crippen molar-refractivity contribution in [2.24, 2.45) is 12.2 Å². The minimum Gasteiger partial charge on any atom is -0.505 e. The van der Waals surface area contributed by atoms with Gasteiger partial charge < -0.3 is 9.94 Å². The predicted molar refractivity (Wildman–Crippen MR) is 107 cm³/mol. The Kier molecular flexibility index (Phi) is 4.97. The number of benzene rings is 1. The van der Waals surface area contributed by atoms with Crippen molar-refractivity contribution < 1.29 is 14.3 Å². The van der Waals surface area contributed by atoms with Gasteiger partial charge in [-0.05, 0) is 29.8 Å². The Hall–Kier alpha value is -3.70. The van der Waals surface area contributed by atoms with Crippen LogP contribution in [0.4, 0.5) is 4.39 Å². The number of oxime groups is 1. The van der Waals surface area contributed by atoms with Gasteiger partial charge in [0.25, 0.3) is 5.56 Å². The molecule has 1 aliphatic carbocycles. The van der Waals surface area contributed by atoms with Gasteiger partial charge in [0.2, 0.25) is 0 Å². The zero-order chi connectivity index (χ0) is 20.4. The zero-order valence-corrected chi connectivity index (χ0v) is 15.7. The third-order valence-electron chi connectivity index (χ3n) is 4.78. The first kappa shape index (κ1) is 18.7. The van der Waals surface area contributed by atoms with Gasteiger partial charge in [-0.25, -0.2) is 9.37 Å². The minimum atomic E-state index is -0.688. The number of hydrogen-bond donors (Lipinski definition) is 1. The topological polar surface area (TPSA) is 76.7 Å². The predicted octanol–water partition coefficient (Wildman–Crippen LogP) is 3.35. The molecule has 1 atom stereocenters. The van der Waals surface area contributed by atoms with Crippen molar-refractivity contribution in [3.05, 3.63) is 93.6 Å². The fourth-order valence-electron chi connectivity index (χ4n) is 3.24. The van der Waals surface area contributed by atoms with Crippen LogP contribution < -0.4 is 5.56 Å². The molecule has 7 heteroatoms. The van der Waals surface area contributed by atoms with E-state index in [-0.39, 0.29) is 5.56 Å². The summed E-state index contributed by atoms with van der Waals surface area (Å²) in [6.45, 7) is 0. The fourth-order valence-corrected chi connectivity index (χ4v) is 3.24. The van der Waals surface area contributed by atoms with Crippen LogP contribution in [0.15, 0.2) is 70.5 Å². The first-order valence-corrected chi connectivity index (χ1v) is 9.07. The maximum atomic E-state index is 13.2. The maximum absolute atomic E-state index is 13.2. The molecule has 2 heterocycles. The highest BCUT2D eigenvalue weighted by atomic mass is 19.1. The summed E-state index contributed by atoms with van der Waals surface area (Å²) in [5, 5.41) is 13.6. The SMILES string of the molecule is Cn1c(C2=CC=CC=C=C2)ncc(CC2=NOC(c3ccc(F)c(O)c3)C2)c1=O. The summed E-state index contributed by atoms with van der Waals surface area (Å²) in [7, 11) is 1.68. The quantitative estimate of drug-likeness (QED) is 0.811. The molecule has 4 rings (SSSR count). The van der Waals surface area contributed by atoms with E-state index in [2.05, 4.69) is 15.9 Å². The Bertz CT molecular complexity index is 1180. The highest BCUT2D eigenvalue weighted by Gasteiger charge is 2.25. The molecule has 2 aromatic rings. The van der Waals surface area contributed by atoms with Crippen LogP contribution in [0.3, 0.4) is 0 Å². The van der Waals surface area contributed by atoms with E-state index in [4.69, 9.17) is 4.84 Å². The van der Waals surface area contributed by atoms with E-state index in [9.17, 15) is 14.3 Å². The average Bonchev–Trinajstić information content (AvgIpc) is 3.01. The van der Waals surface area contributed by atoms with Crippen molar-refractivity contribution in [2.75, 3.05) is 0 Å². The average molecular weight is 391 g/mol. The fraction of sp³-hybridized carbons (Fsp3) is 0.182. The number of aromatic hydroxyl groups is 1. The summed E-state index contributed by atoms with van der Waals surface area (Å²) in [5.41, 5.74) is 5.45. The number of nitrogens with zero attached hydrogens (tertiary/aromatic N) is 3. The number of aromatic nitrogens is 2. The lowest BCUT2D eigenvalue weighted by Gasteiger charge is -2.10. The molecule has 1 aromatic heterocycles. The maximum Gasteiger partial charge on any atom is 0.257 e. The molecule has 0 bridgehead atoms. The normalized spacial score (nSPS) is 17.7. The van der Waals surface area contributed by atoms with Crippen molar-refractivity contribution in [3.63, 3.8) is 0 Å². The van der Waals surface area contributed by atoms with Crippen molar-refractivity contribution in [1.29, 1.82) is 0 Å². The number of allylic oxidation sites excluding steroid dienone is 5. The van der Waals surface area contributed by atoms with E-state index < -0.39 is 17.7 Å². The highest BCUT2D eigenvalue weighted by molar-refractivity contribution is 5.87. The third-order valence-corrected chi connectivity index (χ3v) is 4.78. The Morgan fingerprint density at radius 1 is 1.38 bits per heavy atom. The van der Waals surface area contributed by atoms with Crippen LogP contribution in [-0.2, 0) is 18.3 Å². The van der Waals surface area contributed by atoms with Crippen LogP contribution >= 0.6 is 0 Å². The minimum absolute atomic E-state index is 0.160. The van der Waals surface area contributed by atoms with Crippen LogP contribution in [0.1, 0.15) is 29.5 Å². The summed E-state index contributed by atoms with van der Waals surface area (Å²) in [4.78, 5) is 22.7. The number of phenols is 1. The van der Waals surface area contributed by atoms with Crippen LogP contribution in [0.5, 0.6) is 5.75 Å². The Morgan fingerprint density at radius 3 is 3.07 bits per heavy atom. The molecule has 0 fully saturated rings. The van der Waals surface area contributed by atoms with E-state index in [1.165, 1.54) is 16.7 Å². The van der Waals surface area contributed by atoms with Gasteiger partial charge in [0.1, 0.15) is 5.82 Å². The van der Waals surface area contributed by atoms with Crippen LogP contribution in [0.25, 0.3) is 5.57 Å². The van der Waals surface area contributed by atoms with Gasteiger partial charge in [-0.3, -0.25) is 9.36 Å². The van der Waals surface area contributed by atoms with Gasteiger partial charge in [-0.1, -0.05) is 29.5 Å². The van der Waals surface area contributed by atoms with E-state index in [1.54, 1.807) is 31.5 Å². The number of phenolic OH excluding ortho intramolecular Hbond substituents is 1. The summed E-state index contributed by atoms with van der Waals surface area (Å²) in [6.07, 6.45) is 11.0. The van der Waals surface area contributed by atoms with Crippen LogP contribution in [0, 0.1) is 5.82 Å². The smallest absolute Gasteiger partial charge is 0.257 e. The Labute approximate surface area is 166 Å². The number of hydrogen-bond acceptors (Lipinski definition) is 5. The van der Waals surface area contributed by atoms with Gasteiger partial charge in [0.15, 0.2) is 17.7 Å². The molecule has 2 aliphatic rings. The van der Waals surface area contributed by atoms with Gasteiger partial charge in [0.05, 0.1) is 5.71 Å². The molecule has 146 valence electrons. The molecule has 1 aromatic carbocycles. The molecule has 1 aliphatic heterocycles. The number of rotatable bonds is 4. The van der Waals surface area contributed by atoms with E-state index in [1.807, 2.05) is 18.2 Å². The zero-order valence-electron chi connectivity index (χ0n) is 15.7. The van der Waals surface area contributed by atoms with E-state index in [0.29, 0.717) is 35.5 Å². The molecule has 0 radical (unpaired) electrons. The molecule has 0 spiro atoms. The van der Waals surface area contributed by atoms with E-state index in [0.717, 1.165) is 5.57 Å². The van der Waals surface area contributed by atoms with Gasteiger partial charge >= 0.3 is 0 Å². The highest BCUT2D eigenvalue weighted by Crippen LogP contribution is 2.31. The summed E-state index contributed by atoms with van der Waals surface area (Å²) >= 11 is 0. The second-order valence-corrected chi connectivity index (χ2v) is 6.80. The Balaban J connectivity index is 1.52. The molecule has 0 amide bonds. The molecular weight excluding hydrogens is 373 g/mol. The van der Waals surface area contributed by atoms with E-state index >= 15 is 0 Å². The lowest BCUT2D eigenvalue weighted by Crippen LogP contribution is -2.26. The van der Waals surface area contributed by atoms with Gasteiger partial charge in [-0.2, -0.15) is 0 Å². The molecule has 0 saturated carbocycles. The first-order valence-electron chi connectivity index (χ1n) is 9.07. The third kappa shape index (κ3) is 3.81. The summed E-state index contributed by atoms with van der Waals surface area (Å²) in [5.74, 6) is -0.567. The molecular formula is C22H18FN3O3. The van der Waals surface area contributed by atoms with Crippen molar-refractivity contribution in [2.45, 2.75) is 18.9 Å². The molecule has 1 unspecified atom stereocenters. The van der Waals surface area contributed by atoms with Crippen LogP contribution in [0.2, 0.25) is 0 Å². The van der Waals surface area contributed by atoms with Gasteiger partial charge in [0, 0.05) is 37.2 Å². The van der Waals surface area contributed by atoms with Gasteiger partial charge in [-0.15, -0.1) is 5.73 Å². The molecule has 29 heavy (non-hydrogen) atoms. The van der Waals surface area contributed by atoms with Crippen molar-refractivity contribution >= 4 is 11.3 Å². The molecule has 6 nitrogen and oxygen atoms in total. The molecule has 0 saturated heterocycles. The van der Waals surface area contributed by atoms with Crippen LogP contribution in [-0.4, -0.2) is 20.4 Å². The lowest BCUT2D eigenvalue weighted by atomic mass is 10.0. The van der Waals surface area contributed by atoms with Crippen molar-refractivity contribution in [1.82, 2.24) is 9.55 Å². The lowest BCUT2D eigenvalue weighted by molar-refractivity contribution is 0.0854. The molecule has 1 N–H and O–H groups in total. The second-order valence-electron chi connectivity index (χ2n) is 6.80. The largest absolute Gasteiger partial charge is 0.505 e. The monoisotopic (exact) mass is 391 g/mol. The van der Waals surface area contributed by atoms with Crippen molar-refractivity contribution in [3.8, 4) is 5.75 Å². The summed E-state index contributed by atoms with van der Waals surface area (Å²) < 4.78 is 14.7. The standard InChI is InChI=1S/C22H18FN3O3/c1-26-21(14-6-4-2-3-5-7-14)24-13-16(22(26)28)10-17-12-20(29-25-17)15-8-9-18(23)19(27)11-15/h2-4,6-9,11,13,20,27H,10,12H2,1H3. The summed E-state index contributed by atoms with van der Waals surface area (Å²) in [6, 6.07) is 4.06. The Morgan fingerprint density at radius 2 is 2.24 bits per heavy atom. The number of halogens is 1. The first-order chi connectivity index (χ1) is 14.0.